The first-order valence-electron chi connectivity index (χ1n) is 7.98. The summed E-state index contributed by atoms with van der Waals surface area (Å²) < 4.78 is 0. The summed E-state index contributed by atoms with van der Waals surface area (Å²) in [5.41, 5.74) is 0.0925. The van der Waals surface area contributed by atoms with Crippen molar-refractivity contribution >= 4 is 17.8 Å². The van der Waals surface area contributed by atoms with Gasteiger partial charge in [-0.25, -0.2) is 4.79 Å². The molecule has 0 radical (unpaired) electrons. The quantitative estimate of drug-likeness (QED) is 0.697. The van der Waals surface area contributed by atoms with Crippen LogP contribution >= 0.6 is 0 Å². The first kappa shape index (κ1) is 17.0. The number of carbonyl (C=O) groups excluding carboxylic acids is 2. The molecule has 0 atom stereocenters. The molecule has 1 aromatic rings. The number of carboxylic acids is 1. The van der Waals surface area contributed by atoms with Crippen LogP contribution in [0.1, 0.15) is 52.8 Å². The molecule has 0 saturated heterocycles. The van der Waals surface area contributed by atoms with Gasteiger partial charge in [0.15, 0.2) is 0 Å². The summed E-state index contributed by atoms with van der Waals surface area (Å²) in [6.45, 7) is 0.613. The van der Waals surface area contributed by atoms with Crippen LogP contribution in [0.5, 0.6) is 0 Å². The van der Waals surface area contributed by atoms with Crippen molar-refractivity contribution in [3.8, 4) is 0 Å². The SMILES string of the molecule is O=C(O)c1ccccc1C(=O)NCCNC(=O)C1CCCCC1. The van der Waals surface area contributed by atoms with Crippen molar-refractivity contribution in [3.63, 3.8) is 0 Å². The molecular weight excluding hydrogens is 296 g/mol. The zero-order valence-corrected chi connectivity index (χ0v) is 13.0. The molecule has 0 heterocycles. The van der Waals surface area contributed by atoms with E-state index in [0.29, 0.717) is 6.54 Å². The van der Waals surface area contributed by atoms with Crippen molar-refractivity contribution < 1.29 is 19.5 Å². The van der Waals surface area contributed by atoms with E-state index in [0.717, 1.165) is 25.7 Å². The second kappa shape index (κ2) is 8.31. The number of amides is 2. The van der Waals surface area contributed by atoms with E-state index >= 15 is 0 Å². The van der Waals surface area contributed by atoms with E-state index < -0.39 is 11.9 Å². The van der Waals surface area contributed by atoms with Gasteiger partial charge in [-0.3, -0.25) is 9.59 Å². The minimum Gasteiger partial charge on any atom is -0.478 e. The van der Waals surface area contributed by atoms with Crippen LogP contribution in [0.25, 0.3) is 0 Å². The summed E-state index contributed by atoms with van der Waals surface area (Å²) in [4.78, 5) is 35.1. The maximum absolute atomic E-state index is 12.0. The number of benzene rings is 1. The van der Waals surface area contributed by atoms with Gasteiger partial charge in [0.05, 0.1) is 11.1 Å². The number of carbonyl (C=O) groups is 3. The molecule has 2 amide bonds. The van der Waals surface area contributed by atoms with Crippen LogP contribution in [0, 0.1) is 5.92 Å². The van der Waals surface area contributed by atoms with E-state index in [4.69, 9.17) is 5.11 Å². The Kier molecular flexibility index (Phi) is 6.14. The van der Waals surface area contributed by atoms with Gasteiger partial charge in [0, 0.05) is 19.0 Å². The molecule has 6 heteroatoms. The summed E-state index contributed by atoms with van der Waals surface area (Å²) in [5.74, 6) is -1.45. The lowest BCUT2D eigenvalue weighted by atomic mass is 9.89. The van der Waals surface area contributed by atoms with Crippen LogP contribution in [0.2, 0.25) is 0 Å². The summed E-state index contributed by atoms with van der Waals surface area (Å²) in [6.07, 6.45) is 5.26. The van der Waals surface area contributed by atoms with E-state index in [1.165, 1.54) is 18.6 Å². The van der Waals surface area contributed by atoms with Gasteiger partial charge in [-0.1, -0.05) is 31.4 Å². The summed E-state index contributed by atoms with van der Waals surface area (Å²) >= 11 is 0. The van der Waals surface area contributed by atoms with Crippen LogP contribution in [0.15, 0.2) is 24.3 Å². The Morgan fingerprint density at radius 2 is 1.57 bits per heavy atom. The lowest BCUT2D eigenvalue weighted by Gasteiger charge is -2.20. The molecule has 0 aliphatic heterocycles. The van der Waals surface area contributed by atoms with Gasteiger partial charge in [0.2, 0.25) is 5.91 Å². The molecule has 0 aromatic heterocycles. The van der Waals surface area contributed by atoms with Gasteiger partial charge in [-0.15, -0.1) is 0 Å². The Labute approximate surface area is 135 Å². The first-order chi connectivity index (χ1) is 11.1. The molecule has 3 N–H and O–H groups in total. The van der Waals surface area contributed by atoms with E-state index in [1.54, 1.807) is 12.1 Å². The van der Waals surface area contributed by atoms with Crippen LogP contribution in [0.4, 0.5) is 0 Å². The molecular formula is C17H22N2O4. The van der Waals surface area contributed by atoms with E-state index in [-0.39, 0.29) is 29.5 Å². The zero-order valence-electron chi connectivity index (χ0n) is 13.0. The zero-order chi connectivity index (χ0) is 16.7. The number of rotatable bonds is 6. The standard InChI is InChI=1S/C17H22N2O4/c20-15(12-6-2-1-3-7-12)18-10-11-19-16(21)13-8-4-5-9-14(13)17(22)23/h4-5,8-9,12H,1-3,6-7,10-11H2,(H,18,20)(H,19,21)(H,22,23). The number of hydrogen-bond acceptors (Lipinski definition) is 3. The number of hydrogen-bond donors (Lipinski definition) is 3. The molecule has 0 spiro atoms. The smallest absolute Gasteiger partial charge is 0.336 e. The molecule has 0 bridgehead atoms. The van der Waals surface area contributed by atoms with Crippen molar-refractivity contribution in [1.29, 1.82) is 0 Å². The predicted octanol–water partition coefficient (Wildman–Crippen LogP) is 1.81. The average Bonchev–Trinajstić information content (AvgIpc) is 2.59. The minimum absolute atomic E-state index is 0.0313. The van der Waals surface area contributed by atoms with Crippen molar-refractivity contribution in [2.24, 2.45) is 5.92 Å². The van der Waals surface area contributed by atoms with Crippen molar-refractivity contribution in [3.05, 3.63) is 35.4 Å². The van der Waals surface area contributed by atoms with Crippen LogP contribution in [-0.2, 0) is 4.79 Å². The average molecular weight is 318 g/mol. The molecule has 1 aliphatic carbocycles. The maximum Gasteiger partial charge on any atom is 0.336 e. The van der Waals surface area contributed by atoms with Gasteiger partial charge >= 0.3 is 5.97 Å². The highest BCUT2D eigenvalue weighted by molar-refractivity contribution is 6.04. The van der Waals surface area contributed by atoms with E-state index in [1.807, 2.05) is 0 Å². The van der Waals surface area contributed by atoms with Crippen molar-refractivity contribution in [2.75, 3.05) is 13.1 Å². The largest absolute Gasteiger partial charge is 0.478 e. The molecule has 124 valence electrons. The fraction of sp³-hybridized carbons (Fsp3) is 0.471. The molecule has 2 rings (SSSR count). The highest BCUT2D eigenvalue weighted by Gasteiger charge is 2.20. The third-order valence-electron chi connectivity index (χ3n) is 4.09. The number of nitrogens with one attached hydrogen (secondary N) is 2. The summed E-state index contributed by atoms with van der Waals surface area (Å²) in [6, 6.07) is 6.05. The van der Waals surface area contributed by atoms with Crippen molar-refractivity contribution in [1.82, 2.24) is 10.6 Å². The van der Waals surface area contributed by atoms with Crippen LogP contribution < -0.4 is 10.6 Å². The third kappa shape index (κ3) is 4.81. The molecule has 1 aliphatic rings. The van der Waals surface area contributed by atoms with Gasteiger partial charge in [-0.2, -0.15) is 0 Å². The third-order valence-corrected chi connectivity index (χ3v) is 4.09. The summed E-state index contributed by atoms with van der Waals surface area (Å²) in [5, 5.41) is 14.5. The van der Waals surface area contributed by atoms with Crippen LogP contribution in [-0.4, -0.2) is 36.0 Å². The molecule has 0 unspecified atom stereocenters. The monoisotopic (exact) mass is 318 g/mol. The lowest BCUT2D eigenvalue weighted by Crippen LogP contribution is -2.38. The highest BCUT2D eigenvalue weighted by Crippen LogP contribution is 2.23. The molecule has 1 fully saturated rings. The second-order valence-electron chi connectivity index (χ2n) is 5.73. The molecule has 23 heavy (non-hydrogen) atoms. The topological polar surface area (TPSA) is 95.5 Å². The molecule has 1 saturated carbocycles. The van der Waals surface area contributed by atoms with Crippen molar-refractivity contribution in [2.45, 2.75) is 32.1 Å². The Balaban J connectivity index is 1.77. The fourth-order valence-corrected chi connectivity index (χ4v) is 2.83. The Bertz CT molecular complexity index is 580. The minimum atomic E-state index is -1.14. The number of carboxylic acid groups (broad SMARTS) is 1. The summed E-state index contributed by atoms with van der Waals surface area (Å²) in [7, 11) is 0. The van der Waals surface area contributed by atoms with Crippen LogP contribution in [0.3, 0.4) is 0 Å². The first-order valence-corrected chi connectivity index (χ1v) is 7.98. The lowest BCUT2D eigenvalue weighted by molar-refractivity contribution is -0.125. The Morgan fingerprint density at radius 3 is 2.22 bits per heavy atom. The fourth-order valence-electron chi connectivity index (χ4n) is 2.83. The second-order valence-corrected chi connectivity index (χ2v) is 5.73. The number of aromatic carboxylic acids is 1. The predicted molar refractivity (Wildman–Crippen MR) is 85.3 cm³/mol. The normalized spacial score (nSPS) is 15.0. The van der Waals surface area contributed by atoms with Gasteiger partial charge in [0.25, 0.3) is 5.91 Å². The van der Waals surface area contributed by atoms with Gasteiger partial charge in [0.1, 0.15) is 0 Å². The molecule has 1 aromatic carbocycles. The van der Waals surface area contributed by atoms with E-state index in [9.17, 15) is 14.4 Å². The Morgan fingerprint density at radius 1 is 0.957 bits per heavy atom. The van der Waals surface area contributed by atoms with E-state index in [2.05, 4.69) is 10.6 Å². The van der Waals surface area contributed by atoms with Gasteiger partial charge in [-0.05, 0) is 25.0 Å². The van der Waals surface area contributed by atoms with Gasteiger partial charge < -0.3 is 15.7 Å². The molecule has 6 nitrogen and oxygen atoms in total. The maximum atomic E-state index is 12.0. The highest BCUT2D eigenvalue weighted by atomic mass is 16.4. The Hall–Kier alpha value is -2.37.